The Bertz CT molecular complexity index is 1050. The van der Waals surface area contributed by atoms with Crippen LogP contribution in [0.25, 0.3) is 0 Å². The van der Waals surface area contributed by atoms with Crippen LogP contribution in [0.4, 0.5) is 0 Å². The predicted molar refractivity (Wildman–Crippen MR) is 109 cm³/mol. The van der Waals surface area contributed by atoms with Crippen LogP contribution in [0.5, 0.6) is 28.7 Å². The van der Waals surface area contributed by atoms with Crippen molar-refractivity contribution < 1.29 is 54.4 Å². The van der Waals surface area contributed by atoms with Crippen molar-refractivity contribution in [2.24, 2.45) is 0 Å². The van der Waals surface area contributed by atoms with Gasteiger partial charge in [0, 0.05) is 12.1 Å². The number of rotatable bonds is 4. The van der Waals surface area contributed by atoms with Gasteiger partial charge in [-0.2, -0.15) is 0 Å². The van der Waals surface area contributed by atoms with Gasteiger partial charge >= 0.3 is 0 Å². The Labute approximate surface area is 188 Å². The number of hydrogen-bond donors (Lipinski definition) is 6. The first-order valence-electron chi connectivity index (χ1n) is 10.1. The van der Waals surface area contributed by atoms with E-state index in [0.29, 0.717) is 5.56 Å². The largest absolute Gasteiger partial charge is 0.508 e. The summed E-state index contributed by atoms with van der Waals surface area (Å²) < 4.78 is 22.2. The molecule has 11 heteroatoms. The van der Waals surface area contributed by atoms with Crippen molar-refractivity contribution in [3.63, 3.8) is 0 Å². The number of hydrogen-bond acceptors (Lipinski definition) is 11. The highest BCUT2D eigenvalue weighted by atomic mass is 16.7. The van der Waals surface area contributed by atoms with E-state index in [9.17, 15) is 35.4 Å². The summed E-state index contributed by atoms with van der Waals surface area (Å²) in [6, 6.07) is 6.32. The fourth-order valence-electron chi connectivity index (χ4n) is 3.92. The van der Waals surface area contributed by atoms with Gasteiger partial charge in [0.25, 0.3) is 0 Å². The smallest absolute Gasteiger partial charge is 0.203 e. The van der Waals surface area contributed by atoms with E-state index >= 15 is 0 Å². The molecule has 2 aliphatic heterocycles. The molecule has 178 valence electrons. The maximum Gasteiger partial charge on any atom is 0.203 e. The average molecular weight is 464 g/mol. The molecule has 11 nitrogen and oxygen atoms in total. The van der Waals surface area contributed by atoms with Crippen LogP contribution in [0.2, 0.25) is 0 Å². The average Bonchev–Trinajstić information content (AvgIpc) is 2.77. The van der Waals surface area contributed by atoms with Crippen LogP contribution in [0.3, 0.4) is 0 Å². The third-order valence-corrected chi connectivity index (χ3v) is 5.72. The van der Waals surface area contributed by atoms with Gasteiger partial charge in [-0.3, -0.25) is 4.79 Å². The SMILES string of the molecule is COc1cc([C@H]2Oc3cc(O)cc(O)c3C(=O)[C@H]2O[C@@H]2O[C@@H](C)[C@H](O)[C@@H](O)[C@H]2O)ccc1O. The molecule has 0 bridgehead atoms. The molecular weight excluding hydrogens is 440 g/mol. The summed E-state index contributed by atoms with van der Waals surface area (Å²) >= 11 is 0. The molecule has 2 aliphatic rings. The lowest BCUT2D eigenvalue weighted by Gasteiger charge is -2.42. The molecule has 33 heavy (non-hydrogen) atoms. The molecule has 4 rings (SSSR count). The molecule has 0 saturated carbocycles. The first-order chi connectivity index (χ1) is 15.6. The molecule has 2 aromatic carbocycles. The summed E-state index contributed by atoms with van der Waals surface area (Å²) in [6.07, 6.45) is -9.76. The summed E-state index contributed by atoms with van der Waals surface area (Å²) in [6.45, 7) is 1.46. The number of methoxy groups -OCH3 is 1. The number of ether oxygens (including phenoxy) is 4. The molecule has 7 atom stereocenters. The zero-order valence-electron chi connectivity index (χ0n) is 17.7. The van der Waals surface area contributed by atoms with E-state index in [1.54, 1.807) is 0 Å². The fraction of sp³-hybridized carbons (Fsp3) is 0.409. The normalized spacial score (nSPS) is 31.5. The van der Waals surface area contributed by atoms with Crippen LogP contribution in [-0.4, -0.2) is 80.3 Å². The summed E-state index contributed by atoms with van der Waals surface area (Å²) in [5.74, 6) is -1.80. The van der Waals surface area contributed by atoms with E-state index < -0.39 is 54.4 Å². The Morgan fingerprint density at radius 2 is 1.67 bits per heavy atom. The number of aliphatic hydroxyl groups excluding tert-OH is 3. The molecule has 0 aromatic heterocycles. The second-order valence-corrected chi connectivity index (χ2v) is 7.91. The molecule has 0 aliphatic carbocycles. The first-order valence-corrected chi connectivity index (χ1v) is 10.1. The molecule has 0 radical (unpaired) electrons. The molecule has 0 spiro atoms. The zero-order chi connectivity index (χ0) is 24.0. The van der Waals surface area contributed by atoms with Crippen molar-refractivity contribution in [1.82, 2.24) is 0 Å². The van der Waals surface area contributed by atoms with Crippen LogP contribution in [0.15, 0.2) is 30.3 Å². The van der Waals surface area contributed by atoms with E-state index in [4.69, 9.17) is 18.9 Å². The predicted octanol–water partition coefficient (Wildman–Crippen LogP) is 0.341. The van der Waals surface area contributed by atoms with Crippen LogP contribution >= 0.6 is 0 Å². The number of Topliss-reactive ketones (excluding diaryl/α,β-unsaturated/α-hetero) is 1. The Morgan fingerprint density at radius 1 is 0.939 bits per heavy atom. The van der Waals surface area contributed by atoms with Crippen molar-refractivity contribution in [3.05, 3.63) is 41.5 Å². The van der Waals surface area contributed by atoms with Gasteiger partial charge in [0.2, 0.25) is 5.78 Å². The number of phenols is 3. The Hall–Kier alpha value is -3.09. The summed E-state index contributed by atoms with van der Waals surface area (Å²) in [7, 11) is 1.34. The molecular formula is C22H24O11. The Balaban J connectivity index is 1.76. The minimum absolute atomic E-state index is 0.0907. The number of phenolic OH excluding ortho intramolecular Hbond substituents is 3. The lowest BCUT2D eigenvalue weighted by atomic mass is 9.92. The minimum Gasteiger partial charge on any atom is -0.508 e. The van der Waals surface area contributed by atoms with E-state index in [1.165, 1.54) is 32.2 Å². The van der Waals surface area contributed by atoms with E-state index in [0.717, 1.165) is 12.1 Å². The third-order valence-electron chi connectivity index (χ3n) is 5.72. The Morgan fingerprint density at radius 3 is 2.36 bits per heavy atom. The molecule has 1 saturated heterocycles. The maximum atomic E-state index is 13.4. The molecule has 0 unspecified atom stereocenters. The number of ketones is 1. The number of benzene rings is 2. The molecule has 2 aromatic rings. The second-order valence-electron chi connectivity index (χ2n) is 7.91. The number of carbonyl (C=O) groups excluding carboxylic acids is 1. The van der Waals surface area contributed by atoms with Gasteiger partial charge in [-0.05, 0) is 24.6 Å². The van der Waals surface area contributed by atoms with Gasteiger partial charge < -0.3 is 49.6 Å². The number of carbonyl (C=O) groups is 1. The fourth-order valence-corrected chi connectivity index (χ4v) is 3.92. The van der Waals surface area contributed by atoms with Gasteiger partial charge in [-0.25, -0.2) is 0 Å². The molecule has 2 heterocycles. The standard InChI is InChI=1S/C22H24O11/c1-8-16(26)18(28)19(29)22(31-8)33-21-17(27)15-12(25)6-10(23)7-14(15)32-20(21)9-3-4-11(24)13(5-9)30-2/h3-8,16,18-26,28-29H,1-2H3/t8-,16-,18+,19+,20+,21+,22-/m0/s1. The number of fused-ring (bicyclic) bond motifs is 1. The van der Waals surface area contributed by atoms with Crippen molar-refractivity contribution in [1.29, 1.82) is 0 Å². The topological polar surface area (TPSA) is 175 Å². The van der Waals surface area contributed by atoms with Crippen molar-refractivity contribution >= 4 is 5.78 Å². The van der Waals surface area contributed by atoms with Crippen LogP contribution in [0.1, 0.15) is 28.9 Å². The minimum atomic E-state index is -1.69. The summed E-state index contributed by atoms with van der Waals surface area (Å²) in [5, 5.41) is 60.4. The van der Waals surface area contributed by atoms with Gasteiger partial charge in [-0.1, -0.05) is 6.07 Å². The lowest BCUT2D eigenvalue weighted by Crippen LogP contribution is -2.59. The molecule has 1 fully saturated rings. The highest BCUT2D eigenvalue weighted by molar-refractivity contribution is 6.05. The second kappa shape index (κ2) is 8.69. The van der Waals surface area contributed by atoms with Crippen molar-refractivity contribution in [3.8, 4) is 28.7 Å². The van der Waals surface area contributed by atoms with Crippen LogP contribution in [-0.2, 0) is 9.47 Å². The van der Waals surface area contributed by atoms with Gasteiger partial charge in [0.15, 0.2) is 30.0 Å². The quantitative estimate of drug-likeness (QED) is 0.368. The molecule has 6 N–H and O–H groups in total. The monoisotopic (exact) mass is 464 g/mol. The van der Waals surface area contributed by atoms with Crippen molar-refractivity contribution in [2.75, 3.05) is 7.11 Å². The highest BCUT2D eigenvalue weighted by Gasteiger charge is 2.48. The lowest BCUT2D eigenvalue weighted by molar-refractivity contribution is -0.304. The van der Waals surface area contributed by atoms with Gasteiger partial charge in [0.1, 0.15) is 41.1 Å². The summed E-state index contributed by atoms with van der Waals surface area (Å²) in [5.41, 5.74) is 0.0779. The highest BCUT2D eigenvalue weighted by Crippen LogP contribution is 2.44. The van der Waals surface area contributed by atoms with Crippen molar-refractivity contribution in [2.45, 2.75) is 49.8 Å². The van der Waals surface area contributed by atoms with Crippen LogP contribution < -0.4 is 9.47 Å². The van der Waals surface area contributed by atoms with E-state index in [1.807, 2.05) is 0 Å². The Kier molecular flexibility index (Phi) is 6.08. The maximum absolute atomic E-state index is 13.4. The van der Waals surface area contributed by atoms with Gasteiger partial charge in [0.05, 0.1) is 13.2 Å². The summed E-state index contributed by atoms with van der Waals surface area (Å²) in [4.78, 5) is 13.4. The van der Waals surface area contributed by atoms with Gasteiger partial charge in [-0.15, -0.1) is 0 Å². The molecule has 0 amide bonds. The third kappa shape index (κ3) is 4.05. The van der Waals surface area contributed by atoms with E-state index in [2.05, 4.69) is 0 Å². The van der Waals surface area contributed by atoms with E-state index in [-0.39, 0.29) is 28.6 Å². The number of aromatic hydroxyl groups is 3. The van der Waals surface area contributed by atoms with Crippen LogP contribution in [0, 0.1) is 0 Å². The number of aliphatic hydroxyl groups is 3. The first kappa shape index (κ1) is 23.1. The zero-order valence-corrected chi connectivity index (χ0v) is 17.7.